The van der Waals surface area contributed by atoms with E-state index in [9.17, 15) is 4.39 Å². The second kappa shape index (κ2) is 4.35. The molecule has 0 bridgehead atoms. The van der Waals surface area contributed by atoms with E-state index in [4.69, 9.17) is 4.42 Å². The third kappa shape index (κ3) is 2.07. The van der Waals surface area contributed by atoms with E-state index >= 15 is 0 Å². The number of benzene rings is 1. The minimum absolute atomic E-state index is 0.119. The van der Waals surface area contributed by atoms with Crippen LogP contribution in [0.4, 0.5) is 4.39 Å². The van der Waals surface area contributed by atoms with Gasteiger partial charge in [0.05, 0.1) is 6.26 Å². The van der Waals surface area contributed by atoms with Gasteiger partial charge in [-0.1, -0.05) is 0 Å². The molecule has 1 aromatic carbocycles. The Hall–Kier alpha value is -1.00. The smallest absolute Gasteiger partial charge is 0.134 e. The van der Waals surface area contributed by atoms with Crippen LogP contribution in [0.25, 0.3) is 11.0 Å². The van der Waals surface area contributed by atoms with Gasteiger partial charge < -0.3 is 9.32 Å². The predicted molar refractivity (Wildman–Crippen MR) is 68.9 cm³/mol. The average Bonchev–Trinajstić information content (AvgIpc) is 2.75. The fraction of sp³-hybridized carbons (Fsp3) is 0.385. The number of halogens is 1. The Morgan fingerprint density at radius 3 is 3.18 bits per heavy atom. The molecule has 1 aliphatic heterocycles. The molecule has 1 atom stereocenters. The minimum Gasteiger partial charge on any atom is -0.464 e. The van der Waals surface area contributed by atoms with Gasteiger partial charge in [-0.3, -0.25) is 0 Å². The lowest BCUT2D eigenvalue weighted by molar-refractivity contribution is 0.345. The van der Waals surface area contributed by atoms with Crippen molar-refractivity contribution in [2.75, 3.05) is 25.9 Å². The fourth-order valence-electron chi connectivity index (χ4n) is 2.21. The van der Waals surface area contributed by atoms with Crippen molar-refractivity contribution < 1.29 is 8.81 Å². The maximum absolute atomic E-state index is 14.0. The first-order chi connectivity index (χ1) is 8.24. The largest absolute Gasteiger partial charge is 0.464 e. The van der Waals surface area contributed by atoms with Gasteiger partial charge in [0.15, 0.2) is 0 Å². The number of hydrogen-bond acceptors (Lipinski definition) is 3. The SMILES string of the molecule is CN1CCSC(c2cc3occc3cc2F)C1. The maximum Gasteiger partial charge on any atom is 0.134 e. The summed E-state index contributed by atoms with van der Waals surface area (Å²) in [6, 6.07) is 5.22. The summed E-state index contributed by atoms with van der Waals surface area (Å²) in [7, 11) is 2.08. The zero-order valence-corrected chi connectivity index (χ0v) is 10.5. The first kappa shape index (κ1) is 11.1. The molecule has 2 aromatic rings. The van der Waals surface area contributed by atoms with Crippen molar-refractivity contribution >= 4 is 22.7 Å². The van der Waals surface area contributed by atoms with E-state index in [0.29, 0.717) is 0 Å². The van der Waals surface area contributed by atoms with E-state index in [2.05, 4.69) is 11.9 Å². The quantitative estimate of drug-likeness (QED) is 0.774. The summed E-state index contributed by atoms with van der Waals surface area (Å²) in [5, 5.41) is 1.05. The van der Waals surface area contributed by atoms with Gasteiger partial charge in [0.1, 0.15) is 11.4 Å². The Morgan fingerprint density at radius 1 is 1.47 bits per heavy atom. The number of thioether (sulfide) groups is 1. The van der Waals surface area contributed by atoms with Crippen molar-refractivity contribution in [3.05, 3.63) is 35.8 Å². The zero-order chi connectivity index (χ0) is 11.8. The van der Waals surface area contributed by atoms with E-state index in [1.54, 1.807) is 18.4 Å². The predicted octanol–water partition coefficient (Wildman–Crippen LogP) is 3.29. The molecule has 0 saturated carbocycles. The standard InChI is InChI=1S/C13H14FNOS/c1-15-3-5-17-13(8-15)10-7-12-9(2-4-16-12)6-11(10)14/h2,4,6-7,13H,3,5,8H2,1H3. The van der Waals surface area contributed by atoms with Crippen LogP contribution in [0, 0.1) is 5.82 Å². The van der Waals surface area contributed by atoms with Crippen LogP contribution in [0.2, 0.25) is 0 Å². The fourth-order valence-corrected chi connectivity index (χ4v) is 3.63. The van der Waals surface area contributed by atoms with Gasteiger partial charge in [0.2, 0.25) is 0 Å². The van der Waals surface area contributed by atoms with Crippen LogP contribution < -0.4 is 0 Å². The first-order valence-corrected chi connectivity index (χ1v) is 6.76. The molecule has 1 saturated heterocycles. The van der Waals surface area contributed by atoms with Gasteiger partial charge in [-0.2, -0.15) is 11.8 Å². The Balaban J connectivity index is 2.00. The highest BCUT2D eigenvalue weighted by molar-refractivity contribution is 7.99. The summed E-state index contributed by atoms with van der Waals surface area (Å²) in [6.07, 6.45) is 1.61. The lowest BCUT2D eigenvalue weighted by atomic mass is 10.1. The second-order valence-electron chi connectivity index (χ2n) is 4.45. The van der Waals surface area contributed by atoms with Crippen LogP contribution in [0.15, 0.2) is 28.9 Å². The third-order valence-corrected chi connectivity index (χ3v) is 4.41. The van der Waals surface area contributed by atoms with Crippen LogP contribution in [0.5, 0.6) is 0 Å². The van der Waals surface area contributed by atoms with Crippen LogP contribution in [-0.2, 0) is 0 Å². The van der Waals surface area contributed by atoms with Crippen LogP contribution in [0.1, 0.15) is 10.8 Å². The number of nitrogens with zero attached hydrogens (tertiary/aromatic N) is 1. The molecule has 90 valence electrons. The number of likely N-dealkylation sites (N-methyl/N-ethyl adjacent to an activating group) is 1. The Bertz CT molecular complexity index is 539. The van der Waals surface area contributed by atoms with Crippen LogP contribution in [0.3, 0.4) is 0 Å². The van der Waals surface area contributed by atoms with Crippen molar-refractivity contribution in [1.82, 2.24) is 4.90 Å². The lowest BCUT2D eigenvalue weighted by Gasteiger charge is -2.29. The molecule has 1 fully saturated rings. The van der Waals surface area contributed by atoms with Crippen molar-refractivity contribution in [3.8, 4) is 0 Å². The molecule has 3 rings (SSSR count). The van der Waals surface area contributed by atoms with E-state index in [1.807, 2.05) is 17.8 Å². The molecule has 0 radical (unpaired) electrons. The molecule has 0 aliphatic carbocycles. The van der Waals surface area contributed by atoms with Gasteiger partial charge in [0, 0.05) is 35.0 Å². The Kier molecular flexibility index (Phi) is 2.84. The van der Waals surface area contributed by atoms with Gasteiger partial charge in [-0.25, -0.2) is 4.39 Å². The normalized spacial score (nSPS) is 22.1. The van der Waals surface area contributed by atoms with E-state index < -0.39 is 0 Å². The molecule has 1 unspecified atom stereocenters. The van der Waals surface area contributed by atoms with Crippen LogP contribution >= 0.6 is 11.8 Å². The summed E-state index contributed by atoms with van der Waals surface area (Å²) in [4.78, 5) is 2.24. The minimum atomic E-state index is -0.119. The average molecular weight is 251 g/mol. The highest BCUT2D eigenvalue weighted by Gasteiger charge is 2.23. The number of hydrogen-bond donors (Lipinski definition) is 0. The van der Waals surface area contributed by atoms with Crippen molar-refractivity contribution in [2.45, 2.75) is 5.25 Å². The lowest BCUT2D eigenvalue weighted by Crippen LogP contribution is -2.31. The molecule has 0 spiro atoms. The van der Waals surface area contributed by atoms with Crippen LogP contribution in [-0.4, -0.2) is 30.8 Å². The van der Waals surface area contributed by atoms with Crippen molar-refractivity contribution in [2.24, 2.45) is 0 Å². The number of fused-ring (bicyclic) bond motifs is 1. The topological polar surface area (TPSA) is 16.4 Å². The van der Waals surface area contributed by atoms with E-state index in [1.165, 1.54) is 0 Å². The molecule has 2 heterocycles. The van der Waals surface area contributed by atoms with Gasteiger partial charge in [-0.15, -0.1) is 0 Å². The van der Waals surface area contributed by atoms with E-state index in [-0.39, 0.29) is 11.1 Å². The Labute approximate surface area is 104 Å². The summed E-state index contributed by atoms with van der Waals surface area (Å²) < 4.78 is 19.4. The number of rotatable bonds is 1. The number of furan rings is 1. The molecule has 0 amide bonds. The van der Waals surface area contributed by atoms with Crippen molar-refractivity contribution in [1.29, 1.82) is 0 Å². The summed E-state index contributed by atoms with van der Waals surface area (Å²) in [5.74, 6) is 0.934. The summed E-state index contributed by atoms with van der Waals surface area (Å²) >= 11 is 1.82. The third-order valence-electron chi connectivity index (χ3n) is 3.19. The maximum atomic E-state index is 14.0. The molecule has 1 aromatic heterocycles. The molecule has 1 aliphatic rings. The summed E-state index contributed by atoms with van der Waals surface area (Å²) in [6.45, 7) is 1.97. The monoisotopic (exact) mass is 251 g/mol. The van der Waals surface area contributed by atoms with E-state index in [0.717, 1.165) is 35.4 Å². The molecule has 4 heteroatoms. The van der Waals surface area contributed by atoms with Crippen molar-refractivity contribution in [3.63, 3.8) is 0 Å². The molecule has 0 N–H and O–H groups in total. The summed E-state index contributed by atoms with van der Waals surface area (Å²) in [5.41, 5.74) is 1.54. The Morgan fingerprint density at radius 2 is 2.35 bits per heavy atom. The van der Waals surface area contributed by atoms with Gasteiger partial charge >= 0.3 is 0 Å². The molecular formula is C13H14FNOS. The highest BCUT2D eigenvalue weighted by Crippen LogP contribution is 2.35. The zero-order valence-electron chi connectivity index (χ0n) is 9.65. The highest BCUT2D eigenvalue weighted by atomic mass is 32.2. The van der Waals surface area contributed by atoms with Gasteiger partial charge in [0.25, 0.3) is 0 Å². The first-order valence-electron chi connectivity index (χ1n) is 5.71. The van der Waals surface area contributed by atoms with Gasteiger partial charge in [-0.05, 0) is 25.2 Å². The molecule has 17 heavy (non-hydrogen) atoms. The molecule has 2 nitrogen and oxygen atoms in total. The molecular weight excluding hydrogens is 237 g/mol. The second-order valence-corrected chi connectivity index (χ2v) is 5.76.